The Hall–Kier alpha value is -8.66. The lowest BCUT2D eigenvalue weighted by molar-refractivity contribution is 0.0845. The Morgan fingerprint density at radius 1 is 0.489 bits per heavy atom. The number of nitrogens with two attached hydrogens (primary N) is 3. The summed E-state index contributed by atoms with van der Waals surface area (Å²) in [4.78, 5) is 14.1. The van der Waals surface area contributed by atoms with Crippen LogP contribution in [0.4, 0.5) is 41.6 Å². The molecular formula is C69H86F3N9O7Si2. The quantitative estimate of drug-likeness (QED) is 0.0261. The molecule has 3 atom stereocenters. The molecule has 0 bridgehead atoms. The van der Waals surface area contributed by atoms with Gasteiger partial charge < -0.3 is 61.1 Å². The second-order valence-electron chi connectivity index (χ2n) is 24.6. The summed E-state index contributed by atoms with van der Waals surface area (Å²) in [5, 5.41) is 34.5. The van der Waals surface area contributed by atoms with Crippen LogP contribution in [0, 0.1) is 11.8 Å². The van der Waals surface area contributed by atoms with E-state index in [4.69, 9.17) is 50.5 Å². The molecule has 9 rings (SSSR count). The van der Waals surface area contributed by atoms with Gasteiger partial charge in [0, 0.05) is 64.9 Å². The summed E-state index contributed by atoms with van der Waals surface area (Å²) >= 11 is 0. The molecule has 0 aliphatic heterocycles. The number of aliphatic hydroxyl groups is 1. The number of anilines is 5. The van der Waals surface area contributed by atoms with Gasteiger partial charge in [0.1, 0.15) is 81.2 Å². The van der Waals surface area contributed by atoms with Crippen LogP contribution < -0.4 is 42.0 Å². The van der Waals surface area contributed by atoms with Crippen molar-refractivity contribution in [2.24, 2.45) is 0 Å². The average molecular weight is 1270 g/mol. The van der Waals surface area contributed by atoms with Crippen molar-refractivity contribution in [2.45, 2.75) is 96.1 Å². The highest BCUT2D eigenvalue weighted by Crippen LogP contribution is 2.40. The van der Waals surface area contributed by atoms with Gasteiger partial charge in [0.05, 0.1) is 50.7 Å². The van der Waals surface area contributed by atoms with Gasteiger partial charge in [-0.15, -0.1) is 0 Å². The van der Waals surface area contributed by atoms with Crippen LogP contribution in [0.25, 0.3) is 66.5 Å². The highest BCUT2D eigenvalue weighted by Gasteiger charge is 2.40. The Morgan fingerprint density at radius 3 is 1.24 bits per heavy atom. The van der Waals surface area contributed by atoms with Crippen LogP contribution in [-0.2, 0) is 8.85 Å². The van der Waals surface area contributed by atoms with Crippen molar-refractivity contribution in [3.63, 3.8) is 0 Å². The number of fused-ring (bicyclic) bond motifs is 3. The smallest absolute Gasteiger partial charge is 0.192 e. The predicted molar refractivity (Wildman–Crippen MR) is 367 cm³/mol. The molecule has 0 amide bonds. The third-order valence-corrected chi connectivity index (χ3v) is 24.9. The highest BCUT2D eigenvalue weighted by atomic mass is 28.4. The standard InChI is InChI=1S/C25H34FN3O2Si.C24H31FN2O3Si.C19H20FN3O2.CHN/c1-25(2,3)32(5,6)31-20(15-26)16-30-24-14-18(8-11-23(24)28-4)21-10-7-17-13-19(27)9-12-22(17)29-21;1-24(2,3)31(4,5)30-19(14-25)15-29-23-13-17(6-9-20(23)26)21-10-7-16-12-18(28)8-11-22(16)27-21;1-22-18-6-3-13(9-19(18)25-11-15(24)10-20)16-5-2-12-8-14(21)4-7-17(12)23-16;1-2/h7-14,20,28H,15-16,27H2,1-6H3;6-13,19,28H,14-15,26H2,1-5H3;2-9,15,22,24H,10-11,21H2,1H3;1H. The Morgan fingerprint density at radius 2 is 0.856 bits per heavy atom. The lowest BCUT2D eigenvalue weighted by atomic mass is 10.1. The summed E-state index contributed by atoms with van der Waals surface area (Å²) < 4.78 is 69.7. The van der Waals surface area contributed by atoms with Gasteiger partial charge in [0.2, 0.25) is 0 Å². The number of aliphatic hydroxyl groups excluding tert-OH is 1. The number of nitrogens with one attached hydrogen (secondary N) is 2. The summed E-state index contributed by atoms with van der Waals surface area (Å²) in [5.74, 6) is 1.85. The summed E-state index contributed by atoms with van der Waals surface area (Å²) in [5.41, 5.74) is 28.7. The van der Waals surface area contributed by atoms with E-state index in [1.165, 1.54) is 0 Å². The van der Waals surface area contributed by atoms with Crippen molar-refractivity contribution in [2.75, 3.05) is 81.8 Å². The summed E-state index contributed by atoms with van der Waals surface area (Å²) in [6.07, 6.45) is -2.39. The van der Waals surface area contributed by atoms with Crippen LogP contribution in [-0.4, -0.2) is 114 Å². The molecule has 0 saturated heterocycles. The molecule has 3 unspecified atom stereocenters. The SMILES string of the molecule is C#N.CC(C)(C)[Si](C)(C)OC(CF)COc1cc(-c2ccc3cc(O)ccc3n2)ccc1N.CNc1ccc(-c2ccc3cc(N)ccc3n2)cc1OCC(CF)O[Si](C)(C)C(C)(C)C.CNc1ccc(-c2ccc3cc(N)ccc3n2)cc1OCC(O)CF. The Kier molecular flexibility index (Phi) is 24.4. The normalized spacial score (nSPS) is 12.7. The Labute approximate surface area is 528 Å². The zero-order chi connectivity index (χ0) is 66.1. The number of phenols is 1. The molecule has 90 heavy (non-hydrogen) atoms. The number of aromatic hydroxyl groups is 1. The van der Waals surface area contributed by atoms with Gasteiger partial charge in [0.15, 0.2) is 16.6 Å². The molecule has 0 aliphatic rings. The second-order valence-corrected chi connectivity index (χ2v) is 34.1. The third-order valence-electron chi connectivity index (χ3n) is 15.8. The van der Waals surface area contributed by atoms with E-state index in [1.54, 1.807) is 31.3 Å². The number of alkyl halides is 3. The molecule has 0 aliphatic carbocycles. The fraction of sp³-hybridized carbons (Fsp3) is 0.333. The first-order valence-electron chi connectivity index (χ1n) is 29.5. The fourth-order valence-electron chi connectivity index (χ4n) is 8.72. The number of hydrogen-bond acceptors (Lipinski definition) is 16. The van der Waals surface area contributed by atoms with Crippen molar-refractivity contribution in [3.8, 4) is 63.3 Å². The first-order valence-corrected chi connectivity index (χ1v) is 35.3. The Balaban J connectivity index is 0.000000213. The lowest BCUT2D eigenvalue weighted by Gasteiger charge is -2.38. The number of hydrogen-bond donors (Lipinski definition) is 7. The number of halogens is 3. The van der Waals surface area contributed by atoms with E-state index in [0.29, 0.717) is 34.3 Å². The maximum absolute atomic E-state index is 13.8. The van der Waals surface area contributed by atoms with Gasteiger partial charge in [-0.05, 0) is 145 Å². The number of benzene rings is 6. The first-order chi connectivity index (χ1) is 42.6. The molecule has 3 heterocycles. The zero-order valence-corrected chi connectivity index (χ0v) is 55.5. The molecule has 0 spiro atoms. The number of ether oxygens (including phenoxy) is 3. The number of nitriles is 1. The van der Waals surface area contributed by atoms with Gasteiger partial charge >= 0.3 is 0 Å². The van der Waals surface area contributed by atoms with E-state index < -0.39 is 55.0 Å². The predicted octanol–water partition coefficient (Wildman–Crippen LogP) is 15.6. The third kappa shape index (κ3) is 18.7. The second kappa shape index (κ2) is 31.2. The van der Waals surface area contributed by atoms with Crippen LogP contribution in [0.15, 0.2) is 146 Å². The fourth-order valence-corrected chi connectivity index (χ4v) is 11.4. The van der Waals surface area contributed by atoms with Gasteiger partial charge in [-0.25, -0.2) is 33.4 Å². The molecule has 10 N–H and O–H groups in total. The maximum Gasteiger partial charge on any atom is 0.192 e. The molecule has 478 valence electrons. The number of nitrogens with zero attached hydrogens (tertiary/aromatic N) is 4. The number of pyridine rings is 3. The van der Waals surface area contributed by atoms with Crippen LogP contribution in [0.1, 0.15) is 41.5 Å². The average Bonchev–Trinajstić information content (AvgIpc) is 1.01. The number of aromatic nitrogens is 3. The molecule has 6 aromatic carbocycles. The van der Waals surface area contributed by atoms with Crippen molar-refractivity contribution >= 4 is 77.8 Å². The molecule has 0 saturated carbocycles. The van der Waals surface area contributed by atoms with Crippen LogP contribution in [0.3, 0.4) is 0 Å². The van der Waals surface area contributed by atoms with E-state index in [1.807, 2.05) is 128 Å². The molecule has 9 aromatic rings. The van der Waals surface area contributed by atoms with Crippen LogP contribution >= 0.6 is 0 Å². The summed E-state index contributed by atoms with van der Waals surface area (Å²) in [6, 6.07) is 44.8. The van der Waals surface area contributed by atoms with Crippen molar-refractivity contribution < 1.29 is 46.4 Å². The molecule has 0 fully saturated rings. The van der Waals surface area contributed by atoms with Crippen molar-refractivity contribution in [1.29, 1.82) is 5.26 Å². The maximum atomic E-state index is 13.8. The van der Waals surface area contributed by atoms with Crippen LogP contribution in [0.5, 0.6) is 23.0 Å². The van der Waals surface area contributed by atoms with Gasteiger partial charge in [-0.2, -0.15) is 0 Å². The van der Waals surface area contributed by atoms with E-state index in [9.17, 15) is 23.4 Å². The van der Waals surface area contributed by atoms with Gasteiger partial charge in [0.25, 0.3) is 0 Å². The number of phenolic OH excluding ortho intramolecular Hbond substituents is 1. The van der Waals surface area contributed by atoms with E-state index >= 15 is 0 Å². The monoisotopic (exact) mass is 1270 g/mol. The minimum Gasteiger partial charge on any atom is -0.508 e. The number of nitrogen functional groups attached to an aromatic ring is 3. The first kappa shape index (κ1) is 70.4. The highest BCUT2D eigenvalue weighted by molar-refractivity contribution is 6.74. The molecule has 16 nitrogen and oxygen atoms in total. The van der Waals surface area contributed by atoms with Crippen LogP contribution in [0.2, 0.25) is 36.3 Å². The van der Waals surface area contributed by atoms with E-state index in [2.05, 4.69) is 94.9 Å². The number of rotatable bonds is 21. The van der Waals surface area contributed by atoms with Crippen molar-refractivity contribution in [3.05, 3.63) is 146 Å². The van der Waals surface area contributed by atoms with E-state index in [-0.39, 0.29) is 35.6 Å². The molecular weight excluding hydrogens is 1180 g/mol. The zero-order valence-electron chi connectivity index (χ0n) is 53.5. The minimum atomic E-state index is -2.11. The minimum absolute atomic E-state index is 0.00287. The molecule has 21 heteroatoms. The van der Waals surface area contributed by atoms with E-state index in [0.717, 1.165) is 77.9 Å². The molecule has 0 radical (unpaired) electrons. The summed E-state index contributed by atoms with van der Waals surface area (Å²) in [7, 11) is -0.608. The van der Waals surface area contributed by atoms with Crippen molar-refractivity contribution in [1.82, 2.24) is 15.0 Å². The lowest BCUT2D eigenvalue weighted by Crippen LogP contribution is -2.46. The largest absolute Gasteiger partial charge is 0.508 e. The molecule has 3 aromatic heterocycles. The summed E-state index contributed by atoms with van der Waals surface area (Å²) in [6.45, 7) is 22.8. The van der Waals surface area contributed by atoms with Gasteiger partial charge in [-0.3, -0.25) is 0 Å². The topological polar surface area (TPSA) is 251 Å². The Bertz CT molecular complexity index is 3870. The van der Waals surface area contributed by atoms with Gasteiger partial charge in [-0.1, -0.05) is 77.9 Å².